The number of terminal acetylenes is 1. The van der Waals surface area contributed by atoms with Gasteiger partial charge in [0.1, 0.15) is 5.01 Å². The summed E-state index contributed by atoms with van der Waals surface area (Å²) in [7, 11) is 0. The van der Waals surface area contributed by atoms with Gasteiger partial charge in [-0.2, -0.15) is 0 Å². The minimum absolute atomic E-state index is 0.445. The molecule has 1 aromatic heterocycles. The lowest BCUT2D eigenvalue weighted by molar-refractivity contribution is -0.0983. The number of nitrogens with zero attached hydrogens (tertiary/aromatic N) is 2. The lowest BCUT2D eigenvalue weighted by Crippen LogP contribution is -2.01. The van der Waals surface area contributed by atoms with Crippen molar-refractivity contribution in [2.75, 3.05) is 6.61 Å². The van der Waals surface area contributed by atoms with Gasteiger partial charge in [-0.15, -0.1) is 22.5 Å². The molecule has 0 aliphatic heterocycles. The molecule has 1 N–H and O–H groups in total. The molecule has 0 saturated carbocycles. The van der Waals surface area contributed by atoms with E-state index in [2.05, 4.69) is 16.1 Å². The second-order valence-corrected chi connectivity index (χ2v) is 3.64. The normalized spacial score (nSPS) is 12.4. The molecule has 0 aliphatic rings. The molecule has 0 amide bonds. The molecule has 0 spiro atoms. The number of ether oxygens (including phenoxy) is 1. The van der Waals surface area contributed by atoms with Gasteiger partial charge < -0.3 is 9.84 Å². The number of aliphatic hydroxyl groups is 1. The molecule has 1 heterocycles. The van der Waals surface area contributed by atoms with Crippen LogP contribution in [0.25, 0.3) is 0 Å². The monoisotopic (exact) mass is 212 g/mol. The van der Waals surface area contributed by atoms with E-state index in [0.717, 1.165) is 5.01 Å². The Bertz CT molecular complexity index is 319. The molecule has 1 atom stereocenters. The number of rotatable bonds is 5. The standard InChI is InChI=1S/C9H12N2O2S/c1-3-5-6-7-10-11-8(14-7)9(12)13-4-2/h1,9,12H,4-6H2,2H3. The molecule has 0 bridgehead atoms. The van der Waals surface area contributed by atoms with Crippen LogP contribution >= 0.6 is 11.3 Å². The minimum Gasteiger partial charge on any atom is -0.362 e. The van der Waals surface area contributed by atoms with Crippen LogP contribution < -0.4 is 0 Å². The van der Waals surface area contributed by atoms with E-state index >= 15 is 0 Å². The highest BCUT2D eigenvalue weighted by atomic mass is 32.1. The predicted octanol–water partition coefficient (Wildman–Crippen LogP) is 1.13. The zero-order valence-electron chi connectivity index (χ0n) is 7.93. The maximum absolute atomic E-state index is 9.40. The predicted molar refractivity (Wildman–Crippen MR) is 53.6 cm³/mol. The summed E-state index contributed by atoms with van der Waals surface area (Å²) in [6.07, 6.45) is 5.50. The average Bonchev–Trinajstić information content (AvgIpc) is 2.63. The fourth-order valence-electron chi connectivity index (χ4n) is 0.876. The van der Waals surface area contributed by atoms with E-state index in [9.17, 15) is 5.11 Å². The van der Waals surface area contributed by atoms with Crippen molar-refractivity contribution in [3.8, 4) is 12.3 Å². The van der Waals surface area contributed by atoms with Gasteiger partial charge in [0.2, 0.25) is 6.29 Å². The number of aliphatic hydroxyl groups excluding tert-OH is 1. The number of hydrogen-bond acceptors (Lipinski definition) is 5. The topological polar surface area (TPSA) is 55.2 Å². The van der Waals surface area contributed by atoms with Gasteiger partial charge in [0.05, 0.1) is 0 Å². The zero-order chi connectivity index (χ0) is 10.4. The quantitative estimate of drug-likeness (QED) is 0.587. The molecule has 5 heteroatoms. The van der Waals surface area contributed by atoms with Crippen molar-refractivity contribution in [2.24, 2.45) is 0 Å². The van der Waals surface area contributed by atoms with Crippen molar-refractivity contribution in [3.63, 3.8) is 0 Å². The van der Waals surface area contributed by atoms with E-state index in [1.54, 1.807) is 0 Å². The smallest absolute Gasteiger partial charge is 0.210 e. The number of aryl methyl sites for hydroxylation is 1. The summed E-state index contributed by atoms with van der Waals surface area (Å²) in [5.41, 5.74) is 0. The Morgan fingerprint density at radius 2 is 2.43 bits per heavy atom. The van der Waals surface area contributed by atoms with Crippen molar-refractivity contribution in [2.45, 2.75) is 26.1 Å². The van der Waals surface area contributed by atoms with Crippen LogP contribution in [0, 0.1) is 12.3 Å². The molecule has 1 unspecified atom stereocenters. The Balaban J connectivity index is 2.54. The Hall–Kier alpha value is -0.960. The van der Waals surface area contributed by atoms with Crippen LogP contribution in [0.2, 0.25) is 0 Å². The molecule has 1 rings (SSSR count). The van der Waals surface area contributed by atoms with E-state index in [0.29, 0.717) is 24.5 Å². The van der Waals surface area contributed by atoms with Gasteiger partial charge in [0.25, 0.3) is 0 Å². The Labute approximate surface area is 86.9 Å². The summed E-state index contributed by atoms with van der Waals surface area (Å²) >= 11 is 1.33. The van der Waals surface area contributed by atoms with Gasteiger partial charge in [-0.25, -0.2) is 0 Å². The fraction of sp³-hybridized carbons (Fsp3) is 0.556. The van der Waals surface area contributed by atoms with E-state index in [-0.39, 0.29) is 0 Å². The molecule has 0 saturated heterocycles. The van der Waals surface area contributed by atoms with Gasteiger partial charge in [0, 0.05) is 19.4 Å². The van der Waals surface area contributed by atoms with Gasteiger partial charge in [0.15, 0.2) is 5.01 Å². The van der Waals surface area contributed by atoms with Gasteiger partial charge in [-0.05, 0) is 6.92 Å². The third-order valence-electron chi connectivity index (χ3n) is 1.50. The first-order valence-electron chi connectivity index (χ1n) is 4.33. The highest BCUT2D eigenvalue weighted by Gasteiger charge is 2.12. The van der Waals surface area contributed by atoms with Crippen LogP contribution in [0.5, 0.6) is 0 Å². The maximum atomic E-state index is 9.40. The second kappa shape index (κ2) is 5.70. The molecule has 0 aliphatic carbocycles. The van der Waals surface area contributed by atoms with Gasteiger partial charge >= 0.3 is 0 Å². The third kappa shape index (κ3) is 3.07. The van der Waals surface area contributed by atoms with Crippen LogP contribution in [0.3, 0.4) is 0 Å². The van der Waals surface area contributed by atoms with Crippen molar-refractivity contribution < 1.29 is 9.84 Å². The Morgan fingerprint density at radius 3 is 3.07 bits per heavy atom. The third-order valence-corrected chi connectivity index (χ3v) is 2.52. The lowest BCUT2D eigenvalue weighted by atomic mass is 10.3. The van der Waals surface area contributed by atoms with E-state index in [1.807, 2.05) is 6.92 Å². The van der Waals surface area contributed by atoms with Crippen molar-refractivity contribution >= 4 is 11.3 Å². The zero-order valence-corrected chi connectivity index (χ0v) is 8.75. The van der Waals surface area contributed by atoms with Crippen LogP contribution in [0.4, 0.5) is 0 Å². The Morgan fingerprint density at radius 1 is 1.64 bits per heavy atom. The minimum atomic E-state index is -0.961. The van der Waals surface area contributed by atoms with Crippen molar-refractivity contribution in [3.05, 3.63) is 10.0 Å². The van der Waals surface area contributed by atoms with Crippen LogP contribution in [-0.4, -0.2) is 21.9 Å². The molecular weight excluding hydrogens is 200 g/mol. The largest absolute Gasteiger partial charge is 0.362 e. The first kappa shape index (κ1) is 11.1. The molecule has 14 heavy (non-hydrogen) atoms. The molecule has 76 valence electrons. The molecule has 1 aromatic rings. The second-order valence-electron chi connectivity index (χ2n) is 2.55. The fourth-order valence-corrected chi connectivity index (χ4v) is 1.65. The highest BCUT2D eigenvalue weighted by molar-refractivity contribution is 7.11. The van der Waals surface area contributed by atoms with Crippen molar-refractivity contribution in [1.29, 1.82) is 0 Å². The molecular formula is C9H12N2O2S. The highest BCUT2D eigenvalue weighted by Crippen LogP contribution is 2.19. The van der Waals surface area contributed by atoms with Crippen molar-refractivity contribution in [1.82, 2.24) is 10.2 Å². The maximum Gasteiger partial charge on any atom is 0.210 e. The summed E-state index contributed by atoms with van der Waals surface area (Å²) in [4.78, 5) is 0. The summed E-state index contributed by atoms with van der Waals surface area (Å²) in [6, 6.07) is 0. The summed E-state index contributed by atoms with van der Waals surface area (Å²) in [5.74, 6) is 2.52. The average molecular weight is 212 g/mol. The molecule has 0 radical (unpaired) electrons. The van der Waals surface area contributed by atoms with Gasteiger partial charge in [-0.3, -0.25) is 0 Å². The van der Waals surface area contributed by atoms with Crippen LogP contribution in [0.1, 0.15) is 29.6 Å². The van der Waals surface area contributed by atoms with Gasteiger partial charge in [-0.1, -0.05) is 11.3 Å². The van der Waals surface area contributed by atoms with E-state index in [1.165, 1.54) is 11.3 Å². The molecule has 0 fully saturated rings. The van der Waals surface area contributed by atoms with Crippen LogP contribution in [0.15, 0.2) is 0 Å². The molecule has 0 aromatic carbocycles. The number of aromatic nitrogens is 2. The lowest BCUT2D eigenvalue weighted by Gasteiger charge is -2.04. The van der Waals surface area contributed by atoms with E-state index < -0.39 is 6.29 Å². The number of hydrogen-bond donors (Lipinski definition) is 1. The van der Waals surface area contributed by atoms with E-state index in [4.69, 9.17) is 11.2 Å². The van der Waals surface area contributed by atoms with Crippen LogP contribution in [-0.2, 0) is 11.2 Å². The first-order valence-corrected chi connectivity index (χ1v) is 5.15. The SMILES string of the molecule is C#CCCc1nnc(C(O)OCC)s1. The Kier molecular flexibility index (Phi) is 4.53. The summed E-state index contributed by atoms with van der Waals surface area (Å²) in [6.45, 7) is 2.25. The summed E-state index contributed by atoms with van der Waals surface area (Å²) < 4.78 is 4.97. The summed E-state index contributed by atoms with van der Waals surface area (Å²) in [5, 5.41) is 18.4. The first-order chi connectivity index (χ1) is 6.77. The molecule has 4 nitrogen and oxygen atoms in total.